The number of nitrogens with one attached hydrogen (secondary N) is 1. The molecule has 3 unspecified atom stereocenters. The van der Waals surface area contributed by atoms with Gasteiger partial charge < -0.3 is 10.1 Å². The molecule has 1 aliphatic heterocycles. The Morgan fingerprint density at radius 3 is 2.73 bits per heavy atom. The summed E-state index contributed by atoms with van der Waals surface area (Å²) in [7, 11) is 0. The van der Waals surface area contributed by atoms with E-state index < -0.39 is 0 Å². The lowest BCUT2D eigenvalue weighted by Gasteiger charge is -2.43. The second-order valence-electron chi connectivity index (χ2n) is 5.47. The monoisotopic (exact) mass is 209 g/mol. The Morgan fingerprint density at radius 2 is 2.00 bits per heavy atom. The molecule has 1 amide bonds. The van der Waals surface area contributed by atoms with Crippen molar-refractivity contribution in [3.05, 3.63) is 0 Å². The van der Waals surface area contributed by atoms with Gasteiger partial charge in [-0.15, -0.1) is 0 Å². The van der Waals surface area contributed by atoms with Crippen molar-refractivity contribution in [2.45, 2.75) is 50.5 Å². The molecule has 0 radical (unpaired) electrons. The Balaban J connectivity index is 1.71. The maximum atomic E-state index is 11.1. The van der Waals surface area contributed by atoms with Crippen LogP contribution in [0.1, 0.15) is 44.9 Å². The fourth-order valence-electron chi connectivity index (χ4n) is 3.72. The quantitative estimate of drug-likeness (QED) is 0.665. The van der Waals surface area contributed by atoms with Crippen LogP contribution in [0.25, 0.3) is 0 Å². The fourth-order valence-corrected chi connectivity index (χ4v) is 3.72. The van der Waals surface area contributed by atoms with E-state index >= 15 is 0 Å². The van der Waals surface area contributed by atoms with Crippen molar-refractivity contribution >= 4 is 6.09 Å². The van der Waals surface area contributed by atoms with E-state index in [0.29, 0.717) is 0 Å². The van der Waals surface area contributed by atoms with Crippen molar-refractivity contribution in [3.8, 4) is 0 Å². The zero-order chi connectivity index (χ0) is 10.3. The smallest absolute Gasteiger partial charge is 0.407 e. The predicted octanol–water partition coefficient (Wildman–Crippen LogP) is 2.46. The van der Waals surface area contributed by atoms with Gasteiger partial charge in [-0.05, 0) is 31.1 Å². The first kappa shape index (κ1) is 9.49. The molecule has 2 aliphatic carbocycles. The second kappa shape index (κ2) is 3.39. The Hall–Kier alpha value is -0.730. The van der Waals surface area contributed by atoms with Gasteiger partial charge in [-0.2, -0.15) is 0 Å². The predicted molar refractivity (Wildman–Crippen MR) is 56.5 cm³/mol. The molecule has 1 spiro atoms. The molecular weight excluding hydrogens is 190 g/mol. The van der Waals surface area contributed by atoms with Gasteiger partial charge in [0.1, 0.15) is 5.60 Å². The van der Waals surface area contributed by atoms with Crippen LogP contribution in [-0.4, -0.2) is 18.2 Å². The number of carbonyl (C=O) groups is 1. The first-order valence-corrected chi connectivity index (χ1v) is 6.24. The summed E-state index contributed by atoms with van der Waals surface area (Å²) in [6, 6.07) is 0. The maximum Gasteiger partial charge on any atom is 0.407 e. The number of ether oxygens (including phenoxy) is 1. The van der Waals surface area contributed by atoms with E-state index in [-0.39, 0.29) is 11.7 Å². The van der Waals surface area contributed by atoms with Gasteiger partial charge >= 0.3 is 6.09 Å². The summed E-state index contributed by atoms with van der Waals surface area (Å²) < 4.78 is 5.49. The van der Waals surface area contributed by atoms with Crippen LogP contribution < -0.4 is 5.32 Å². The van der Waals surface area contributed by atoms with Gasteiger partial charge in [0.05, 0.1) is 6.54 Å². The number of hydrogen-bond donors (Lipinski definition) is 1. The molecule has 0 aromatic carbocycles. The number of rotatable bonds is 0. The number of carbonyl (C=O) groups excluding carboxylic acids is 1. The zero-order valence-corrected chi connectivity index (χ0v) is 9.13. The lowest BCUT2D eigenvalue weighted by molar-refractivity contribution is -0.0229. The third kappa shape index (κ3) is 1.62. The van der Waals surface area contributed by atoms with Crippen molar-refractivity contribution < 1.29 is 9.53 Å². The van der Waals surface area contributed by atoms with Crippen molar-refractivity contribution in [2.75, 3.05) is 6.54 Å². The Morgan fingerprint density at radius 1 is 1.20 bits per heavy atom. The van der Waals surface area contributed by atoms with Gasteiger partial charge in [-0.1, -0.05) is 25.7 Å². The molecule has 1 N–H and O–H groups in total. The summed E-state index contributed by atoms with van der Waals surface area (Å²) in [4.78, 5) is 11.1. The van der Waals surface area contributed by atoms with E-state index in [1.165, 1.54) is 32.1 Å². The van der Waals surface area contributed by atoms with Crippen LogP contribution >= 0.6 is 0 Å². The highest BCUT2D eigenvalue weighted by Crippen LogP contribution is 2.46. The molecule has 3 fully saturated rings. The second-order valence-corrected chi connectivity index (χ2v) is 5.47. The van der Waals surface area contributed by atoms with Crippen molar-refractivity contribution in [2.24, 2.45) is 11.8 Å². The van der Waals surface area contributed by atoms with Gasteiger partial charge in [0.25, 0.3) is 0 Å². The Labute approximate surface area is 90.6 Å². The molecule has 2 saturated carbocycles. The Bertz CT molecular complexity index is 279. The van der Waals surface area contributed by atoms with Crippen molar-refractivity contribution in [3.63, 3.8) is 0 Å². The summed E-state index contributed by atoms with van der Waals surface area (Å²) >= 11 is 0. The molecule has 84 valence electrons. The van der Waals surface area contributed by atoms with Gasteiger partial charge in [-0.25, -0.2) is 4.79 Å². The first-order valence-electron chi connectivity index (χ1n) is 6.24. The van der Waals surface area contributed by atoms with Crippen LogP contribution in [0, 0.1) is 11.8 Å². The summed E-state index contributed by atoms with van der Waals surface area (Å²) in [5.41, 5.74) is -0.129. The van der Waals surface area contributed by atoms with Crippen LogP contribution in [-0.2, 0) is 4.74 Å². The van der Waals surface area contributed by atoms with E-state index in [4.69, 9.17) is 4.74 Å². The van der Waals surface area contributed by atoms with Crippen molar-refractivity contribution in [1.82, 2.24) is 5.32 Å². The van der Waals surface area contributed by atoms with Crippen LogP contribution in [0.4, 0.5) is 4.79 Å². The standard InChI is InChI=1S/C12H19NO2/c14-11-13-8-12(15-11)6-5-9-3-1-2-4-10(9)7-12/h9-10H,1-8H2,(H,13,14). The molecule has 0 aromatic rings. The molecule has 0 aromatic heterocycles. The molecule has 3 aliphatic rings. The van der Waals surface area contributed by atoms with E-state index in [2.05, 4.69) is 5.32 Å². The molecule has 3 heteroatoms. The van der Waals surface area contributed by atoms with Gasteiger partial charge in [0.15, 0.2) is 0 Å². The molecule has 3 nitrogen and oxygen atoms in total. The minimum Gasteiger partial charge on any atom is -0.441 e. The number of alkyl carbamates (subject to hydrolysis) is 1. The average molecular weight is 209 g/mol. The number of fused-ring (bicyclic) bond motifs is 1. The van der Waals surface area contributed by atoms with E-state index in [9.17, 15) is 4.79 Å². The van der Waals surface area contributed by atoms with E-state index in [0.717, 1.165) is 31.2 Å². The van der Waals surface area contributed by atoms with Gasteiger partial charge in [0, 0.05) is 0 Å². The largest absolute Gasteiger partial charge is 0.441 e. The van der Waals surface area contributed by atoms with Crippen LogP contribution in [0.3, 0.4) is 0 Å². The lowest BCUT2D eigenvalue weighted by atomic mass is 9.66. The SMILES string of the molecule is O=C1NCC2(CCC3CCCCC3C2)O1. The van der Waals surface area contributed by atoms with E-state index in [1.54, 1.807) is 0 Å². The van der Waals surface area contributed by atoms with Crippen LogP contribution in [0.2, 0.25) is 0 Å². The topological polar surface area (TPSA) is 38.3 Å². The minimum atomic E-state index is -0.204. The maximum absolute atomic E-state index is 11.1. The third-order valence-corrected chi connectivity index (χ3v) is 4.54. The highest BCUT2D eigenvalue weighted by Gasteiger charge is 2.47. The molecule has 15 heavy (non-hydrogen) atoms. The van der Waals surface area contributed by atoms with Gasteiger partial charge in [0.2, 0.25) is 0 Å². The summed E-state index contributed by atoms with van der Waals surface area (Å²) in [5, 5.41) is 2.81. The molecular formula is C12H19NO2. The fraction of sp³-hybridized carbons (Fsp3) is 0.917. The van der Waals surface area contributed by atoms with Gasteiger partial charge in [-0.3, -0.25) is 0 Å². The van der Waals surface area contributed by atoms with Crippen LogP contribution in [0.5, 0.6) is 0 Å². The summed E-state index contributed by atoms with van der Waals surface area (Å²) in [6.07, 6.45) is 8.78. The summed E-state index contributed by atoms with van der Waals surface area (Å²) in [6.45, 7) is 0.745. The molecule has 1 heterocycles. The highest BCUT2D eigenvalue weighted by molar-refractivity contribution is 5.70. The number of amides is 1. The number of hydrogen-bond acceptors (Lipinski definition) is 2. The molecule has 3 rings (SSSR count). The molecule has 3 atom stereocenters. The summed E-state index contributed by atoms with van der Waals surface area (Å²) in [5.74, 6) is 1.74. The molecule has 0 bridgehead atoms. The normalized spacial score (nSPS) is 44.7. The molecule has 1 saturated heterocycles. The minimum absolute atomic E-state index is 0.129. The highest BCUT2D eigenvalue weighted by atomic mass is 16.6. The zero-order valence-electron chi connectivity index (χ0n) is 9.13. The third-order valence-electron chi connectivity index (χ3n) is 4.54. The lowest BCUT2D eigenvalue weighted by Crippen LogP contribution is -2.43. The van der Waals surface area contributed by atoms with Crippen LogP contribution in [0.15, 0.2) is 0 Å². The first-order chi connectivity index (χ1) is 7.27. The Kier molecular flexibility index (Phi) is 2.15. The van der Waals surface area contributed by atoms with E-state index in [1.807, 2.05) is 0 Å². The average Bonchev–Trinajstić information content (AvgIpc) is 2.60. The van der Waals surface area contributed by atoms with Crippen molar-refractivity contribution in [1.29, 1.82) is 0 Å².